The molecule has 0 bridgehead atoms. The minimum atomic E-state index is -1.14. The lowest BCUT2D eigenvalue weighted by atomic mass is 9.82. The van der Waals surface area contributed by atoms with Crippen molar-refractivity contribution in [2.24, 2.45) is 5.92 Å². The lowest BCUT2D eigenvalue weighted by Crippen LogP contribution is -2.50. The Kier molecular flexibility index (Phi) is 4.91. The van der Waals surface area contributed by atoms with Crippen LogP contribution in [0.3, 0.4) is 0 Å². The standard InChI is InChI=1S/C15H23N3O5/c1-9(2)11(12(20)21)16-10(19)8-18-13(22)15(17-14(18)23)6-4-3-5-7-15/h9,11H,3-8H2,1-2H3,(H,16,19)(H,17,23)(H,20,21)/t11-/m1/s1. The summed E-state index contributed by atoms with van der Waals surface area (Å²) >= 11 is 0. The SMILES string of the molecule is CC(C)[C@@H](NC(=O)CN1C(=O)NC2(CCCCC2)C1=O)C(=O)O. The molecule has 23 heavy (non-hydrogen) atoms. The zero-order valence-corrected chi connectivity index (χ0v) is 13.4. The van der Waals surface area contributed by atoms with E-state index in [9.17, 15) is 19.2 Å². The van der Waals surface area contributed by atoms with Gasteiger partial charge in [-0.3, -0.25) is 14.5 Å². The molecule has 0 aromatic carbocycles. The lowest BCUT2D eigenvalue weighted by molar-refractivity contribution is -0.143. The van der Waals surface area contributed by atoms with Gasteiger partial charge in [0, 0.05) is 0 Å². The maximum Gasteiger partial charge on any atom is 0.326 e. The van der Waals surface area contributed by atoms with Gasteiger partial charge in [-0.2, -0.15) is 0 Å². The molecule has 2 rings (SSSR count). The van der Waals surface area contributed by atoms with Gasteiger partial charge in [0.1, 0.15) is 18.1 Å². The largest absolute Gasteiger partial charge is 0.480 e. The molecular weight excluding hydrogens is 302 g/mol. The Labute approximate surface area is 134 Å². The Bertz CT molecular complexity index is 525. The van der Waals surface area contributed by atoms with Crippen LogP contribution in [0.25, 0.3) is 0 Å². The molecule has 1 atom stereocenters. The second-order valence-electron chi connectivity index (χ2n) is 6.59. The molecule has 8 nitrogen and oxygen atoms in total. The Morgan fingerprint density at radius 3 is 2.39 bits per heavy atom. The number of urea groups is 1. The topological polar surface area (TPSA) is 116 Å². The van der Waals surface area contributed by atoms with Crippen molar-refractivity contribution in [3.05, 3.63) is 0 Å². The highest BCUT2D eigenvalue weighted by molar-refractivity contribution is 6.09. The number of hydrogen-bond donors (Lipinski definition) is 3. The molecule has 8 heteroatoms. The first-order valence-electron chi connectivity index (χ1n) is 7.93. The highest BCUT2D eigenvalue weighted by Gasteiger charge is 2.51. The van der Waals surface area contributed by atoms with E-state index in [-0.39, 0.29) is 11.8 Å². The predicted octanol–water partition coefficient (Wildman–Crippen LogP) is 0.467. The molecule has 1 saturated carbocycles. The van der Waals surface area contributed by atoms with Crippen molar-refractivity contribution in [3.8, 4) is 0 Å². The van der Waals surface area contributed by atoms with Crippen LogP contribution in [0.15, 0.2) is 0 Å². The average Bonchev–Trinajstić information content (AvgIpc) is 2.69. The van der Waals surface area contributed by atoms with E-state index < -0.39 is 36.0 Å². The molecule has 128 valence electrons. The summed E-state index contributed by atoms with van der Waals surface area (Å²) in [5, 5.41) is 14.2. The van der Waals surface area contributed by atoms with Gasteiger partial charge in [0.05, 0.1) is 0 Å². The van der Waals surface area contributed by atoms with Crippen LogP contribution in [-0.4, -0.2) is 51.9 Å². The Morgan fingerprint density at radius 1 is 1.26 bits per heavy atom. The number of aliphatic carboxylic acids is 1. The van der Waals surface area contributed by atoms with Gasteiger partial charge in [0.15, 0.2) is 0 Å². The van der Waals surface area contributed by atoms with E-state index in [1.807, 2.05) is 0 Å². The summed E-state index contributed by atoms with van der Waals surface area (Å²) in [7, 11) is 0. The van der Waals surface area contributed by atoms with Crippen LogP contribution < -0.4 is 10.6 Å². The average molecular weight is 325 g/mol. The van der Waals surface area contributed by atoms with Gasteiger partial charge in [0.2, 0.25) is 5.91 Å². The van der Waals surface area contributed by atoms with Gasteiger partial charge in [-0.25, -0.2) is 9.59 Å². The molecule has 0 aromatic heterocycles. The minimum Gasteiger partial charge on any atom is -0.480 e. The molecule has 1 aliphatic carbocycles. The third-order valence-corrected chi connectivity index (χ3v) is 4.50. The number of carbonyl (C=O) groups excluding carboxylic acids is 3. The number of rotatable bonds is 5. The van der Waals surface area contributed by atoms with Crippen molar-refractivity contribution < 1.29 is 24.3 Å². The van der Waals surface area contributed by atoms with Crippen LogP contribution in [-0.2, 0) is 14.4 Å². The summed E-state index contributed by atoms with van der Waals surface area (Å²) in [4.78, 5) is 48.6. The number of carboxylic acids is 1. The molecule has 0 radical (unpaired) electrons. The number of nitrogens with one attached hydrogen (secondary N) is 2. The van der Waals surface area contributed by atoms with Gasteiger partial charge in [-0.1, -0.05) is 33.1 Å². The quantitative estimate of drug-likeness (QED) is 0.635. The van der Waals surface area contributed by atoms with E-state index in [4.69, 9.17) is 5.11 Å². The fourth-order valence-electron chi connectivity index (χ4n) is 3.19. The first-order valence-corrected chi connectivity index (χ1v) is 7.93. The third-order valence-electron chi connectivity index (χ3n) is 4.50. The van der Waals surface area contributed by atoms with Crippen molar-refractivity contribution in [1.29, 1.82) is 0 Å². The van der Waals surface area contributed by atoms with E-state index in [1.54, 1.807) is 13.8 Å². The van der Waals surface area contributed by atoms with Crippen molar-refractivity contribution in [2.45, 2.75) is 57.5 Å². The van der Waals surface area contributed by atoms with Crippen LogP contribution in [0.1, 0.15) is 46.0 Å². The molecule has 0 aromatic rings. The molecule has 2 fully saturated rings. The third kappa shape index (κ3) is 3.46. The second-order valence-corrected chi connectivity index (χ2v) is 6.59. The van der Waals surface area contributed by atoms with Crippen LogP contribution in [0.2, 0.25) is 0 Å². The zero-order chi connectivity index (χ0) is 17.2. The Morgan fingerprint density at radius 2 is 1.87 bits per heavy atom. The number of carboxylic acid groups (broad SMARTS) is 1. The van der Waals surface area contributed by atoms with Crippen molar-refractivity contribution in [1.82, 2.24) is 15.5 Å². The van der Waals surface area contributed by atoms with E-state index in [1.165, 1.54) is 0 Å². The maximum absolute atomic E-state index is 12.5. The van der Waals surface area contributed by atoms with Gasteiger partial charge in [-0.05, 0) is 18.8 Å². The van der Waals surface area contributed by atoms with Crippen LogP contribution in [0, 0.1) is 5.92 Å². The van der Waals surface area contributed by atoms with Crippen LogP contribution in [0.4, 0.5) is 4.79 Å². The predicted molar refractivity (Wildman–Crippen MR) is 80.5 cm³/mol. The van der Waals surface area contributed by atoms with Crippen molar-refractivity contribution in [3.63, 3.8) is 0 Å². The molecule has 1 saturated heterocycles. The summed E-state index contributed by atoms with van der Waals surface area (Å²) in [6.45, 7) is 2.89. The summed E-state index contributed by atoms with van der Waals surface area (Å²) in [5.74, 6) is -2.48. The number of carbonyl (C=O) groups is 4. The molecule has 1 spiro atoms. The Balaban J connectivity index is 2.02. The molecule has 0 unspecified atom stereocenters. The number of imide groups is 1. The van der Waals surface area contributed by atoms with E-state index in [0.717, 1.165) is 24.2 Å². The van der Waals surface area contributed by atoms with Gasteiger partial charge in [-0.15, -0.1) is 0 Å². The van der Waals surface area contributed by atoms with Gasteiger partial charge < -0.3 is 15.7 Å². The van der Waals surface area contributed by atoms with Crippen molar-refractivity contribution >= 4 is 23.8 Å². The highest BCUT2D eigenvalue weighted by Crippen LogP contribution is 2.33. The smallest absolute Gasteiger partial charge is 0.326 e. The molecule has 2 aliphatic rings. The van der Waals surface area contributed by atoms with E-state index in [2.05, 4.69) is 10.6 Å². The zero-order valence-electron chi connectivity index (χ0n) is 13.4. The first kappa shape index (κ1) is 17.2. The second kappa shape index (κ2) is 6.55. The summed E-state index contributed by atoms with van der Waals surface area (Å²) < 4.78 is 0. The first-order chi connectivity index (χ1) is 10.8. The normalized spacial score (nSPS) is 21.4. The van der Waals surface area contributed by atoms with Crippen LogP contribution in [0.5, 0.6) is 0 Å². The van der Waals surface area contributed by atoms with E-state index in [0.29, 0.717) is 12.8 Å². The molecule has 1 aliphatic heterocycles. The van der Waals surface area contributed by atoms with Gasteiger partial charge >= 0.3 is 12.0 Å². The molecule has 3 N–H and O–H groups in total. The lowest BCUT2D eigenvalue weighted by Gasteiger charge is -2.30. The van der Waals surface area contributed by atoms with E-state index >= 15 is 0 Å². The highest BCUT2D eigenvalue weighted by atomic mass is 16.4. The summed E-state index contributed by atoms with van der Waals surface area (Å²) in [6, 6.07) is -1.63. The van der Waals surface area contributed by atoms with Crippen LogP contribution >= 0.6 is 0 Å². The molecule has 4 amide bonds. The van der Waals surface area contributed by atoms with Crippen molar-refractivity contribution in [2.75, 3.05) is 6.54 Å². The number of amides is 4. The van der Waals surface area contributed by atoms with Gasteiger partial charge in [0.25, 0.3) is 5.91 Å². The number of nitrogens with zero attached hydrogens (tertiary/aromatic N) is 1. The number of hydrogen-bond acceptors (Lipinski definition) is 4. The fourth-order valence-corrected chi connectivity index (χ4v) is 3.19. The monoisotopic (exact) mass is 325 g/mol. The maximum atomic E-state index is 12.5. The molecule has 1 heterocycles. The summed E-state index contributed by atoms with van der Waals surface area (Å²) in [5.41, 5.74) is -0.875. The Hall–Kier alpha value is -2.12. The summed E-state index contributed by atoms with van der Waals surface area (Å²) in [6.07, 6.45) is 3.92. The minimum absolute atomic E-state index is 0.302. The fraction of sp³-hybridized carbons (Fsp3) is 0.733. The molecular formula is C15H23N3O5.